The van der Waals surface area contributed by atoms with Gasteiger partial charge in [-0.05, 0) is 23.5 Å². The number of hydrogen-bond donors (Lipinski definition) is 0. The van der Waals surface area contributed by atoms with Crippen molar-refractivity contribution in [3.8, 4) is 0 Å². The first-order valence-corrected chi connectivity index (χ1v) is 6.01. The van der Waals surface area contributed by atoms with Gasteiger partial charge in [-0.2, -0.15) is 0 Å². The highest BCUT2D eigenvalue weighted by Gasteiger charge is 2.18. The zero-order valence-electron chi connectivity index (χ0n) is 9.96. The molecule has 1 aromatic heterocycles. The molecule has 1 rings (SSSR count). The third-order valence-electron chi connectivity index (χ3n) is 2.32. The minimum absolute atomic E-state index is 0.228. The smallest absolute Gasteiger partial charge is 0.348 e. The van der Waals surface area contributed by atoms with E-state index >= 15 is 0 Å². The maximum absolute atomic E-state index is 11.4. The van der Waals surface area contributed by atoms with E-state index in [0.29, 0.717) is 16.7 Å². The summed E-state index contributed by atoms with van der Waals surface area (Å²) in [5.74, 6) is 0.691. The Hall–Kier alpha value is -0.830. The van der Waals surface area contributed by atoms with Crippen molar-refractivity contribution in [1.29, 1.82) is 0 Å². The maximum Gasteiger partial charge on any atom is 0.348 e. The number of rotatable bonds is 3. The second-order valence-electron chi connectivity index (χ2n) is 4.23. The molecule has 0 aliphatic heterocycles. The van der Waals surface area contributed by atoms with Crippen molar-refractivity contribution in [3.05, 3.63) is 21.4 Å². The fraction of sp³-hybridized carbons (Fsp3) is 0.583. The van der Waals surface area contributed by atoms with Crippen molar-refractivity contribution < 1.29 is 9.53 Å². The molecule has 0 spiro atoms. The number of carbonyl (C=O) groups excluding carboxylic acids is 1. The van der Waals surface area contributed by atoms with Crippen LogP contribution in [0.25, 0.3) is 0 Å². The Morgan fingerprint density at radius 2 is 1.87 bits per heavy atom. The molecule has 2 nitrogen and oxygen atoms in total. The molecule has 1 aromatic rings. The first-order chi connectivity index (χ1) is 6.97. The lowest BCUT2D eigenvalue weighted by Crippen LogP contribution is -1.97. The van der Waals surface area contributed by atoms with Gasteiger partial charge in [0.15, 0.2) is 0 Å². The molecular weight excluding hydrogens is 208 g/mol. The Balaban J connectivity index is 3.15. The van der Waals surface area contributed by atoms with Gasteiger partial charge < -0.3 is 4.74 Å². The summed E-state index contributed by atoms with van der Waals surface area (Å²) in [7, 11) is 1.42. The molecule has 0 saturated carbocycles. The standard InChI is InChI=1S/C12H18O2S/c1-7(2)9-6-10(12(13)14-5)15-11(9)8(3)4/h6-8H,1-5H3. The van der Waals surface area contributed by atoms with Crippen molar-refractivity contribution in [2.24, 2.45) is 0 Å². The van der Waals surface area contributed by atoms with E-state index in [1.165, 1.54) is 17.6 Å². The predicted octanol–water partition coefficient (Wildman–Crippen LogP) is 3.78. The fourth-order valence-electron chi connectivity index (χ4n) is 1.52. The molecule has 1 heterocycles. The summed E-state index contributed by atoms with van der Waals surface area (Å²) >= 11 is 1.55. The van der Waals surface area contributed by atoms with Gasteiger partial charge in [-0.15, -0.1) is 11.3 Å². The van der Waals surface area contributed by atoms with E-state index < -0.39 is 0 Å². The van der Waals surface area contributed by atoms with E-state index in [1.54, 1.807) is 11.3 Å². The lowest BCUT2D eigenvalue weighted by atomic mass is 9.99. The quantitative estimate of drug-likeness (QED) is 0.733. The normalized spacial score (nSPS) is 11.1. The molecule has 0 saturated heterocycles. The summed E-state index contributed by atoms with van der Waals surface area (Å²) in [6, 6.07) is 1.97. The van der Waals surface area contributed by atoms with Crippen molar-refractivity contribution in [3.63, 3.8) is 0 Å². The van der Waals surface area contributed by atoms with Gasteiger partial charge in [0.2, 0.25) is 0 Å². The van der Waals surface area contributed by atoms with Crippen LogP contribution >= 0.6 is 11.3 Å². The molecule has 0 atom stereocenters. The van der Waals surface area contributed by atoms with Gasteiger partial charge in [0.05, 0.1) is 7.11 Å². The summed E-state index contributed by atoms with van der Waals surface area (Å²) in [5.41, 5.74) is 1.27. The first kappa shape index (κ1) is 12.2. The van der Waals surface area contributed by atoms with Crippen LogP contribution in [0.2, 0.25) is 0 Å². The Morgan fingerprint density at radius 1 is 1.27 bits per heavy atom. The van der Waals surface area contributed by atoms with Crippen molar-refractivity contribution in [2.75, 3.05) is 7.11 Å². The van der Waals surface area contributed by atoms with E-state index in [9.17, 15) is 4.79 Å². The number of hydrogen-bond acceptors (Lipinski definition) is 3. The topological polar surface area (TPSA) is 26.3 Å². The second kappa shape index (κ2) is 4.79. The zero-order valence-corrected chi connectivity index (χ0v) is 10.8. The van der Waals surface area contributed by atoms with Crippen LogP contribution in [0, 0.1) is 0 Å². The molecular formula is C12H18O2S. The van der Waals surface area contributed by atoms with Crippen molar-refractivity contribution in [1.82, 2.24) is 0 Å². The van der Waals surface area contributed by atoms with Crippen LogP contribution in [0.4, 0.5) is 0 Å². The summed E-state index contributed by atoms with van der Waals surface area (Å²) in [4.78, 5) is 13.4. The summed E-state index contributed by atoms with van der Waals surface area (Å²) < 4.78 is 4.74. The van der Waals surface area contributed by atoms with Crippen LogP contribution in [-0.2, 0) is 4.74 Å². The minimum Gasteiger partial charge on any atom is -0.465 e. The monoisotopic (exact) mass is 226 g/mol. The first-order valence-electron chi connectivity index (χ1n) is 5.19. The molecule has 0 bridgehead atoms. The highest BCUT2D eigenvalue weighted by Crippen LogP contribution is 2.34. The molecule has 0 N–H and O–H groups in total. The average molecular weight is 226 g/mol. The van der Waals surface area contributed by atoms with Crippen molar-refractivity contribution in [2.45, 2.75) is 39.5 Å². The van der Waals surface area contributed by atoms with Crippen molar-refractivity contribution >= 4 is 17.3 Å². The summed E-state index contributed by atoms with van der Waals surface area (Å²) in [6.07, 6.45) is 0. The van der Waals surface area contributed by atoms with Gasteiger partial charge in [-0.25, -0.2) is 4.79 Å². The maximum atomic E-state index is 11.4. The van der Waals surface area contributed by atoms with Gasteiger partial charge in [0.1, 0.15) is 4.88 Å². The number of methoxy groups -OCH3 is 1. The number of thiophene rings is 1. The Labute approximate surface area is 95.3 Å². The fourth-order valence-corrected chi connectivity index (χ4v) is 2.76. The van der Waals surface area contributed by atoms with Gasteiger partial charge in [-0.1, -0.05) is 27.7 Å². The van der Waals surface area contributed by atoms with E-state index in [0.717, 1.165) is 0 Å². The van der Waals surface area contributed by atoms with E-state index in [2.05, 4.69) is 27.7 Å². The van der Waals surface area contributed by atoms with Crippen LogP contribution in [0.5, 0.6) is 0 Å². The Bertz CT molecular complexity index is 325. The lowest BCUT2D eigenvalue weighted by Gasteiger charge is -2.08. The molecule has 84 valence electrons. The highest BCUT2D eigenvalue weighted by molar-refractivity contribution is 7.14. The van der Waals surface area contributed by atoms with Crippen LogP contribution in [-0.4, -0.2) is 13.1 Å². The number of carbonyl (C=O) groups is 1. The molecule has 0 amide bonds. The van der Waals surface area contributed by atoms with Crippen LogP contribution in [0.3, 0.4) is 0 Å². The van der Waals surface area contributed by atoms with E-state index in [1.807, 2.05) is 6.07 Å². The van der Waals surface area contributed by atoms with E-state index in [-0.39, 0.29) is 5.97 Å². The summed E-state index contributed by atoms with van der Waals surface area (Å²) in [5, 5.41) is 0. The van der Waals surface area contributed by atoms with E-state index in [4.69, 9.17) is 4.74 Å². The van der Waals surface area contributed by atoms with Gasteiger partial charge in [0, 0.05) is 4.88 Å². The molecule has 0 radical (unpaired) electrons. The Morgan fingerprint density at radius 3 is 2.20 bits per heavy atom. The molecule has 0 fully saturated rings. The minimum atomic E-state index is -0.228. The molecule has 0 aliphatic carbocycles. The SMILES string of the molecule is COC(=O)c1cc(C(C)C)c(C(C)C)s1. The van der Waals surface area contributed by atoms with Crippen LogP contribution < -0.4 is 0 Å². The number of ether oxygens (including phenoxy) is 1. The van der Waals surface area contributed by atoms with Gasteiger partial charge >= 0.3 is 5.97 Å². The third kappa shape index (κ3) is 2.59. The third-order valence-corrected chi connectivity index (χ3v) is 3.76. The second-order valence-corrected chi connectivity index (χ2v) is 5.32. The van der Waals surface area contributed by atoms with Gasteiger partial charge in [-0.3, -0.25) is 0 Å². The Kier molecular flexibility index (Phi) is 3.91. The number of esters is 1. The largest absolute Gasteiger partial charge is 0.465 e. The highest BCUT2D eigenvalue weighted by atomic mass is 32.1. The van der Waals surface area contributed by atoms with Crippen LogP contribution in [0.15, 0.2) is 6.07 Å². The molecule has 3 heteroatoms. The lowest BCUT2D eigenvalue weighted by molar-refractivity contribution is 0.0606. The molecule has 0 aliphatic rings. The molecule has 0 unspecified atom stereocenters. The molecule has 0 aromatic carbocycles. The predicted molar refractivity (Wildman–Crippen MR) is 63.8 cm³/mol. The van der Waals surface area contributed by atoms with Gasteiger partial charge in [0.25, 0.3) is 0 Å². The zero-order chi connectivity index (χ0) is 11.6. The molecule has 15 heavy (non-hydrogen) atoms. The van der Waals surface area contributed by atoms with Crippen LogP contribution in [0.1, 0.15) is 59.6 Å². The summed E-state index contributed by atoms with van der Waals surface area (Å²) in [6.45, 7) is 8.60. The average Bonchev–Trinajstić information content (AvgIpc) is 2.61.